The Morgan fingerprint density at radius 2 is 2.27 bits per heavy atom. The number of nitrogens with zero attached hydrogens (tertiary/aromatic N) is 3. The van der Waals surface area contributed by atoms with Gasteiger partial charge in [-0.3, -0.25) is 4.79 Å². The number of aromatic nitrogens is 2. The van der Waals surface area contributed by atoms with Crippen LogP contribution in [0.1, 0.15) is 53.3 Å². The van der Waals surface area contributed by atoms with Crippen LogP contribution in [0.3, 0.4) is 0 Å². The smallest absolute Gasteiger partial charge is 0.259 e. The summed E-state index contributed by atoms with van der Waals surface area (Å²) in [6.45, 7) is 2.53. The average Bonchev–Trinajstić information content (AvgIpc) is 3.16. The standard InChI is InChI=1S/C16H19N3O3/c1-9-14-12(16(21)19-6-2-3-11(19)8-20)7-13(10-4-5-10)17-15(14)22-18-9/h7,10-11,20H,2-6,8H2,1H3/t11-/m1/s1. The molecule has 2 aliphatic rings. The Balaban J connectivity index is 1.82. The van der Waals surface area contributed by atoms with Crippen LogP contribution in [0.4, 0.5) is 0 Å². The lowest BCUT2D eigenvalue weighted by atomic mass is 10.1. The number of hydrogen-bond donors (Lipinski definition) is 1. The third-order valence-corrected chi connectivity index (χ3v) is 4.71. The van der Waals surface area contributed by atoms with Crippen molar-refractivity contribution in [3.05, 3.63) is 23.0 Å². The molecule has 1 saturated heterocycles. The molecule has 4 rings (SSSR count). The minimum atomic E-state index is -0.0831. The molecule has 0 bridgehead atoms. The Bertz CT molecular complexity index is 736. The second kappa shape index (κ2) is 5.05. The Morgan fingerprint density at radius 3 is 3.00 bits per heavy atom. The van der Waals surface area contributed by atoms with Crippen molar-refractivity contribution >= 4 is 17.0 Å². The van der Waals surface area contributed by atoms with Crippen LogP contribution in [-0.4, -0.2) is 45.2 Å². The van der Waals surface area contributed by atoms with E-state index in [9.17, 15) is 9.90 Å². The van der Waals surface area contributed by atoms with Crippen molar-refractivity contribution in [2.24, 2.45) is 0 Å². The maximum absolute atomic E-state index is 13.0. The van der Waals surface area contributed by atoms with Crippen LogP contribution in [0.15, 0.2) is 10.6 Å². The number of aliphatic hydroxyl groups is 1. The zero-order valence-corrected chi connectivity index (χ0v) is 12.6. The van der Waals surface area contributed by atoms with Crippen LogP contribution in [0.25, 0.3) is 11.1 Å². The first-order chi connectivity index (χ1) is 10.7. The highest BCUT2D eigenvalue weighted by Gasteiger charge is 2.33. The van der Waals surface area contributed by atoms with E-state index in [2.05, 4.69) is 10.1 Å². The van der Waals surface area contributed by atoms with E-state index in [1.54, 1.807) is 4.90 Å². The van der Waals surface area contributed by atoms with Gasteiger partial charge < -0.3 is 14.5 Å². The highest BCUT2D eigenvalue weighted by molar-refractivity contribution is 6.06. The van der Waals surface area contributed by atoms with Crippen molar-refractivity contribution in [2.75, 3.05) is 13.2 Å². The molecule has 2 fully saturated rings. The van der Waals surface area contributed by atoms with Gasteiger partial charge >= 0.3 is 0 Å². The summed E-state index contributed by atoms with van der Waals surface area (Å²) in [6.07, 6.45) is 4.02. The SMILES string of the molecule is Cc1noc2nc(C3CC3)cc(C(=O)N3CCC[C@@H]3CO)c12. The predicted octanol–water partition coefficient (Wildman–Crippen LogP) is 2.01. The van der Waals surface area contributed by atoms with E-state index < -0.39 is 0 Å². The summed E-state index contributed by atoms with van der Waals surface area (Å²) in [4.78, 5) is 19.3. The van der Waals surface area contributed by atoms with Gasteiger partial charge in [0.05, 0.1) is 29.3 Å². The molecule has 22 heavy (non-hydrogen) atoms. The topological polar surface area (TPSA) is 79.5 Å². The summed E-state index contributed by atoms with van der Waals surface area (Å²) in [5.41, 5.74) is 2.68. The lowest BCUT2D eigenvalue weighted by Gasteiger charge is -2.23. The number of carbonyl (C=O) groups is 1. The fraction of sp³-hybridized carbons (Fsp3) is 0.562. The molecule has 3 heterocycles. The quantitative estimate of drug-likeness (QED) is 0.938. The van der Waals surface area contributed by atoms with Crippen LogP contribution in [0.5, 0.6) is 0 Å². The molecule has 0 radical (unpaired) electrons. The molecule has 1 aliphatic carbocycles. The van der Waals surface area contributed by atoms with Crippen LogP contribution in [-0.2, 0) is 0 Å². The van der Waals surface area contributed by atoms with Crippen molar-refractivity contribution < 1.29 is 14.4 Å². The molecule has 1 amide bonds. The second-order valence-corrected chi connectivity index (χ2v) is 6.29. The Kier molecular flexibility index (Phi) is 3.14. The van der Waals surface area contributed by atoms with Gasteiger partial charge in [-0.25, -0.2) is 4.98 Å². The van der Waals surface area contributed by atoms with Gasteiger partial charge in [0.15, 0.2) is 0 Å². The summed E-state index contributed by atoms with van der Waals surface area (Å²) in [5, 5.41) is 14.2. The monoisotopic (exact) mass is 301 g/mol. The van der Waals surface area contributed by atoms with E-state index in [-0.39, 0.29) is 18.6 Å². The largest absolute Gasteiger partial charge is 0.394 e. The number of carbonyl (C=O) groups excluding carboxylic acids is 1. The molecule has 1 saturated carbocycles. The van der Waals surface area contributed by atoms with Gasteiger partial charge in [0, 0.05) is 18.2 Å². The van der Waals surface area contributed by atoms with E-state index in [4.69, 9.17) is 4.52 Å². The molecule has 0 aromatic carbocycles. The minimum absolute atomic E-state index is 0.0120. The maximum atomic E-state index is 13.0. The van der Waals surface area contributed by atoms with Gasteiger partial charge in [-0.05, 0) is 38.7 Å². The minimum Gasteiger partial charge on any atom is -0.394 e. The highest BCUT2D eigenvalue weighted by Crippen LogP contribution is 2.40. The van der Waals surface area contributed by atoms with Crippen molar-refractivity contribution in [1.29, 1.82) is 0 Å². The number of fused-ring (bicyclic) bond motifs is 1. The molecule has 0 unspecified atom stereocenters. The van der Waals surface area contributed by atoms with E-state index in [0.717, 1.165) is 31.4 Å². The van der Waals surface area contributed by atoms with Gasteiger partial charge in [-0.15, -0.1) is 0 Å². The summed E-state index contributed by atoms with van der Waals surface area (Å²) in [7, 11) is 0. The van der Waals surface area contributed by atoms with Crippen LogP contribution < -0.4 is 0 Å². The Hall–Kier alpha value is -1.95. The first-order valence-electron chi connectivity index (χ1n) is 7.87. The number of aliphatic hydroxyl groups excluding tert-OH is 1. The number of aryl methyl sites for hydroxylation is 1. The lowest BCUT2D eigenvalue weighted by molar-refractivity contribution is 0.0679. The number of likely N-dealkylation sites (tertiary alicyclic amines) is 1. The average molecular weight is 301 g/mol. The third-order valence-electron chi connectivity index (χ3n) is 4.71. The molecular weight excluding hydrogens is 282 g/mol. The first-order valence-corrected chi connectivity index (χ1v) is 7.87. The fourth-order valence-electron chi connectivity index (χ4n) is 3.32. The molecule has 1 N–H and O–H groups in total. The van der Waals surface area contributed by atoms with E-state index >= 15 is 0 Å². The van der Waals surface area contributed by atoms with Crippen molar-refractivity contribution in [3.8, 4) is 0 Å². The fourth-order valence-corrected chi connectivity index (χ4v) is 3.32. The van der Waals surface area contributed by atoms with Crippen LogP contribution in [0, 0.1) is 6.92 Å². The molecule has 6 heteroatoms. The second-order valence-electron chi connectivity index (χ2n) is 6.29. The van der Waals surface area contributed by atoms with Gasteiger partial charge in [0.1, 0.15) is 0 Å². The van der Waals surface area contributed by atoms with E-state index in [0.29, 0.717) is 34.8 Å². The normalized spacial score (nSPS) is 21.7. The van der Waals surface area contributed by atoms with Gasteiger partial charge in [-0.2, -0.15) is 0 Å². The van der Waals surface area contributed by atoms with Crippen molar-refractivity contribution in [3.63, 3.8) is 0 Å². The molecule has 1 aliphatic heterocycles. The maximum Gasteiger partial charge on any atom is 0.259 e. The number of rotatable bonds is 3. The molecule has 116 valence electrons. The van der Waals surface area contributed by atoms with Crippen molar-refractivity contribution in [2.45, 2.75) is 44.6 Å². The molecule has 6 nitrogen and oxygen atoms in total. The summed E-state index contributed by atoms with van der Waals surface area (Å²) < 4.78 is 5.29. The Labute approximate surface area is 128 Å². The Morgan fingerprint density at radius 1 is 1.45 bits per heavy atom. The van der Waals surface area contributed by atoms with Gasteiger partial charge in [0.2, 0.25) is 0 Å². The molecular formula is C16H19N3O3. The number of hydrogen-bond acceptors (Lipinski definition) is 5. The van der Waals surface area contributed by atoms with Crippen molar-refractivity contribution in [1.82, 2.24) is 15.0 Å². The lowest BCUT2D eigenvalue weighted by Crippen LogP contribution is -2.37. The number of pyridine rings is 1. The van der Waals surface area contributed by atoms with Crippen LogP contribution in [0.2, 0.25) is 0 Å². The molecule has 1 atom stereocenters. The van der Waals surface area contributed by atoms with E-state index in [1.807, 2.05) is 13.0 Å². The highest BCUT2D eigenvalue weighted by atomic mass is 16.5. The first kappa shape index (κ1) is 13.7. The summed E-state index contributed by atoms with van der Waals surface area (Å²) in [5.74, 6) is 0.394. The summed E-state index contributed by atoms with van der Waals surface area (Å²) in [6, 6.07) is 1.82. The number of amides is 1. The predicted molar refractivity (Wildman–Crippen MR) is 79.7 cm³/mol. The summed E-state index contributed by atoms with van der Waals surface area (Å²) >= 11 is 0. The van der Waals surface area contributed by atoms with Gasteiger partial charge in [-0.1, -0.05) is 5.16 Å². The van der Waals surface area contributed by atoms with Gasteiger partial charge in [0.25, 0.3) is 11.6 Å². The third kappa shape index (κ3) is 2.09. The van der Waals surface area contributed by atoms with Crippen LogP contribution >= 0.6 is 0 Å². The zero-order valence-electron chi connectivity index (χ0n) is 12.6. The molecule has 2 aromatic rings. The molecule has 2 aromatic heterocycles. The zero-order chi connectivity index (χ0) is 15.3. The van der Waals surface area contributed by atoms with E-state index in [1.165, 1.54) is 0 Å². The molecule has 0 spiro atoms.